The van der Waals surface area contributed by atoms with Gasteiger partial charge in [0.25, 0.3) is 0 Å². The second-order valence-electron chi connectivity index (χ2n) is 7.52. The summed E-state index contributed by atoms with van der Waals surface area (Å²) in [6.07, 6.45) is -0.294. The molecule has 0 spiro atoms. The van der Waals surface area contributed by atoms with Crippen LogP contribution in [0, 0.1) is 6.92 Å². The van der Waals surface area contributed by atoms with Gasteiger partial charge in [0.05, 0.1) is 4.90 Å². The van der Waals surface area contributed by atoms with Gasteiger partial charge in [-0.3, -0.25) is 4.90 Å². The third-order valence-electron chi connectivity index (χ3n) is 4.08. The number of aryl methyl sites for hydroxylation is 1. The maximum Gasteiger partial charge on any atom is 0.410 e. The van der Waals surface area contributed by atoms with E-state index in [9.17, 15) is 13.2 Å². The molecule has 0 radical (unpaired) electrons. The van der Waals surface area contributed by atoms with Gasteiger partial charge < -0.3 is 9.64 Å². The van der Waals surface area contributed by atoms with E-state index in [1.165, 1.54) is 0 Å². The molecular formula is C18H29N3O4S. The molecule has 146 valence electrons. The summed E-state index contributed by atoms with van der Waals surface area (Å²) in [5, 5.41) is 0. The van der Waals surface area contributed by atoms with Crippen LogP contribution >= 0.6 is 0 Å². The largest absolute Gasteiger partial charge is 0.444 e. The van der Waals surface area contributed by atoms with Crippen molar-refractivity contribution in [2.45, 2.75) is 38.2 Å². The molecule has 1 aliphatic heterocycles. The van der Waals surface area contributed by atoms with Crippen molar-refractivity contribution in [1.29, 1.82) is 0 Å². The number of hydrogen-bond acceptors (Lipinski definition) is 5. The van der Waals surface area contributed by atoms with Crippen LogP contribution in [0.4, 0.5) is 4.79 Å². The van der Waals surface area contributed by atoms with Crippen LogP contribution in [0.15, 0.2) is 29.2 Å². The number of nitrogens with zero attached hydrogens (tertiary/aromatic N) is 2. The Morgan fingerprint density at radius 1 is 1.12 bits per heavy atom. The molecule has 0 atom stereocenters. The number of amides is 1. The topological polar surface area (TPSA) is 79.0 Å². The van der Waals surface area contributed by atoms with Crippen LogP contribution in [0.1, 0.15) is 26.3 Å². The van der Waals surface area contributed by atoms with Crippen LogP contribution in [0.2, 0.25) is 0 Å². The number of sulfonamides is 1. The normalized spacial score (nSPS) is 16.5. The Balaban J connectivity index is 1.75. The Kier molecular flexibility index (Phi) is 6.65. The van der Waals surface area contributed by atoms with Crippen LogP contribution < -0.4 is 4.72 Å². The third kappa shape index (κ3) is 6.26. The molecule has 1 N–H and O–H groups in total. The van der Waals surface area contributed by atoms with Crippen molar-refractivity contribution < 1.29 is 17.9 Å². The number of ether oxygens (including phenoxy) is 1. The van der Waals surface area contributed by atoms with Crippen LogP contribution in [0.25, 0.3) is 0 Å². The molecule has 0 aliphatic carbocycles. The quantitative estimate of drug-likeness (QED) is 0.839. The van der Waals surface area contributed by atoms with Crippen molar-refractivity contribution in [2.24, 2.45) is 0 Å². The zero-order valence-corrected chi connectivity index (χ0v) is 16.8. The number of benzene rings is 1. The fourth-order valence-electron chi connectivity index (χ4n) is 2.62. The van der Waals surface area contributed by atoms with Crippen LogP contribution in [-0.2, 0) is 14.8 Å². The highest BCUT2D eigenvalue weighted by atomic mass is 32.2. The molecule has 1 heterocycles. The van der Waals surface area contributed by atoms with E-state index in [0.29, 0.717) is 39.3 Å². The maximum atomic E-state index is 12.3. The van der Waals surface area contributed by atoms with E-state index in [4.69, 9.17) is 4.74 Å². The highest BCUT2D eigenvalue weighted by Gasteiger charge is 2.25. The first kappa shape index (κ1) is 20.7. The van der Waals surface area contributed by atoms with Crippen molar-refractivity contribution in [2.75, 3.05) is 39.3 Å². The van der Waals surface area contributed by atoms with Gasteiger partial charge in [0.15, 0.2) is 0 Å². The average molecular weight is 384 g/mol. The molecule has 1 aromatic rings. The fraction of sp³-hybridized carbons (Fsp3) is 0.611. The Hall–Kier alpha value is -1.64. The zero-order valence-electron chi connectivity index (χ0n) is 16.0. The Morgan fingerprint density at radius 2 is 1.69 bits per heavy atom. The van der Waals surface area contributed by atoms with E-state index in [1.54, 1.807) is 29.2 Å². The summed E-state index contributed by atoms with van der Waals surface area (Å²) in [6, 6.07) is 6.78. The SMILES string of the molecule is Cc1ccc(S(=O)(=O)NCCN2CCN(C(=O)OC(C)(C)C)CC2)cc1. The molecule has 2 rings (SSSR count). The molecule has 1 saturated heterocycles. The number of piperazine rings is 1. The summed E-state index contributed by atoms with van der Waals surface area (Å²) in [5.74, 6) is 0. The maximum absolute atomic E-state index is 12.3. The zero-order chi connectivity index (χ0) is 19.4. The smallest absolute Gasteiger partial charge is 0.410 e. The average Bonchev–Trinajstić information content (AvgIpc) is 2.54. The van der Waals surface area contributed by atoms with Crippen LogP contribution in [0.5, 0.6) is 0 Å². The summed E-state index contributed by atoms with van der Waals surface area (Å²) in [7, 11) is -3.48. The summed E-state index contributed by atoms with van der Waals surface area (Å²) in [4.78, 5) is 16.1. The predicted molar refractivity (Wildman–Crippen MR) is 101 cm³/mol. The van der Waals surface area contributed by atoms with Crippen molar-refractivity contribution in [1.82, 2.24) is 14.5 Å². The number of carbonyl (C=O) groups is 1. The predicted octanol–water partition coefficient (Wildman–Crippen LogP) is 1.83. The number of carbonyl (C=O) groups excluding carboxylic acids is 1. The molecule has 7 nitrogen and oxygen atoms in total. The van der Waals surface area contributed by atoms with Crippen LogP contribution in [-0.4, -0.2) is 69.2 Å². The van der Waals surface area contributed by atoms with Gasteiger partial charge in [0.2, 0.25) is 10.0 Å². The lowest BCUT2D eigenvalue weighted by atomic mass is 10.2. The van der Waals surface area contributed by atoms with Gasteiger partial charge >= 0.3 is 6.09 Å². The van der Waals surface area contributed by atoms with Crippen molar-refractivity contribution >= 4 is 16.1 Å². The van der Waals surface area contributed by atoms with E-state index in [1.807, 2.05) is 27.7 Å². The van der Waals surface area contributed by atoms with Crippen molar-refractivity contribution in [3.8, 4) is 0 Å². The first-order chi connectivity index (χ1) is 12.1. The van der Waals surface area contributed by atoms with Crippen LogP contribution in [0.3, 0.4) is 0 Å². The highest BCUT2D eigenvalue weighted by molar-refractivity contribution is 7.89. The summed E-state index contributed by atoms with van der Waals surface area (Å²) < 4.78 is 32.5. The standard InChI is InChI=1S/C18H29N3O4S/c1-15-5-7-16(8-6-15)26(23,24)19-9-10-20-11-13-21(14-12-20)17(22)25-18(2,3)4/h5-8,19H,9-14H2,1-4H3. The minimum atomic E-state index is -3.48. The summed E-state index contributed by atoms with van der Waals surface area (Å²) >= 11 is 0. The van der Waals surface area contributed by atoms with Gasteiger partial charge in [-0.05, 0) is 39.8 Å². The number of hydrogen-bond donors (Lipinski definition) is 1. The van der Waals surface area contributed by atoms with Crippen molar-refractivity contribution in [3.63, 3.8) is 0 Å². The summed E-state index contributed by atoms with van der Waals surface area (Å²) in [5.41, 5.74) is 0.523. The molecule has 26 heavy (non-hydrogen) atoms. The van der Waals surface area contributed by atoms with E-state index in [-0.39, 0.29) is 11.0 Å². The molecule has 1 amide bonds. The Labute approximate surface area is 156 Å². The third-order valence-corrected chi connectivity index (χ3v) is 5.55. The Bertz CT molecular complexity index is 703. The second kappa shape index (κ2) is 8.37. The first-order valence-corrected chi connectivity index (χ1v) is 10.3. The van der Waals surface area contributed by atoms with E-state index in [2.05, 4.69) is 9.62 Å². The lowest BCUT2D eigenvalue weighted by Gasteiger charge is -2.35. The van der Waals surface area contributed by atoms with E-state index < -0.39 is 15.6 Å². The van der Waals surface area contributed by atoms with Gasteiger partial charge in [-0.1, -0.05) is 17.7 Å². The van der Waals surface area contributed by atoms with Gasteiger partial charge in [-0.25, -0.2) is 17.9 Å². The minimum absolute atomic E-state index is 0.276. The molecule has 1 aromatic carbocycles. The molecule has 8 heteroatoms. The molecular weight excluding hydrogens is 354 g/mol. The molecule has 0 bridgehead atoms. The summed E-state index contributed by atoms with van der Waals surface area (Å²) in [6.45, 7) is 11.0. The number of rotatable bonds is 5. The van der Waals surface area contributed by atoms with Gasteiger partial charge in [-0.2, -0.15) is 0 Å². The van der Waals surface area contributed by atoms with Gasteiger partial charge in [0, 0.05) is 39.3 Å². The first-order valence-electron chi connectivity index (χ1n) is 8.83. The lowest BCUT2D eigenvalue weighted by Crippen LogP contribution is -2.51. The molecule has 0 aromatic heterocycles. The fourth-order valence-corrected chi connectivity index (χ4v) is 3.64. The van der Waals surface area contributed by atoms with E-state index in [0.717, 1.165) is 5.56 Å². The van der Waals surface area contributed by atoms with Gasteiger partial charge in [0.1, 0.15) is 5.60 Å². The lowest BCUT2D eigenvalue weighted by molar-refractivity contribution is 0.0147. The Morgan fingerprint density at radius 3 is 2.23 bits per heavy atom. The molecule has 0 unspecified atom stereocenters. The molecule has 0 saturated carbocycles. The highest BCUT2D eigenvalue weighted by Crippen LogP contribution is 2.12. The second-order valence-corrected chi connectivity index (χ2v) is 9.29. The van der Waals surface area contributed by atoms with E-state index >= 15 is 0 Å². The minimum Gasteiger partial charge on any atom is -0.444 e. The number of nitrogens with one attached hydrogen (secondary N) is 1. The van der Waals surface area contributed by atoms with Gasteiger partial charge in [-0.15, -0.1) is 0 Å². The monoisotopic (exact) mass is 383 g/mol. The molecule has 1 aliphatic rings. The van der Waals surface area contributed by atoms with Crippen molar-refractivity contribution in [3.05, 3.63) is 29.8 Å². The molecule has 1 fully saturated rings.